The van der Waals surface area contributed by atoms with E-state index in [1.165, 1.54) is 31.6 Å². The van der Waals surface area contributed by atoms with E-state index < -0.39 is 5.60 Å². The molecule has 3 heteroatoms. The summed E-state index contributed by atoms with van der Waals surface area (Å²) in [4.78, 5) is 4.89. The van der Waals surface area contributed by atoms with Crippen LogP contribution in [0.4, 0.5) is 5.69 Å². The van der Waals surface area contributed by atoms with Crippen molar-refractivity contribution >= 4 is 5.69 Å². The molecule has 0 unspecified atom stereocenters. The molecule has 0 spiro atoms. The van der Waals surface area contributed by atoms with Crippen molar-refractivity contribution in [2.45, 2.75) is 51.2 Å². The second-order valence-electron chi connectivity index (χ2n) is 6.90. The van der Waals surface area contributed by atoms with Crippen LogP contribution in [0.2, 0.25) is 0 Å². The minimum atomic E-state index is -0.630. The first-order valence-electron chi connectivity index (χ1n) is 8.40. The molecule has 0 bridgehead atoms. The van der Waals surface area contributed by atoms with Crippen LogP contribution in [-0.4, -0.2) is 42.2 Å². The SMILES string of the molecule is CC(C)N1CCC(O)(c2ccc(N3CCCC3)cc2)CC1. The molecule has 0 aromatic heterocycles. The van der Waals surface area contributed by atoms with Gasteiger partial charge in [0, 0.05) is 37.9 Å². The summed E-state index contributed by atoms with van der Waals surface area (Å²) in [6.07, 6.45) is 4.29. The normalized spacial score (nSPS) is 23.0. The number of hydrogen-bond acceptors (Lipinski definition) is 3. The van der Waals surface area contributed by atoms with E-state index in [2.05, 4.69) is 47.9 Å². The van der Waals surface area contributed by atoms with Crippen molar-refractivity contribution in [3.8, 4) is 0 Å². The van der Waals surface area contributed by atoms with Gasteiger partial charge in [-0.3, -0.25) is 0 Å². The van der Waals surface area contributed by atoms with Gasteiger partial charge in [0.15, 0.2) is 0 Å². The first-order chi connectivity index (χ1) is 10.1. The van der Waals surface area contributed by atoms with Crippen LogP contribution in [0.15, 0.2) is 24.3 Å². The Balaban J connectivity index is 1.68. The van der Waals surface area contributed by atoms with Crippen LogP contribution in [0.3, 0.4) is 0 Å². The molecule has 0 amide bonds. The first kappa shape index (κ1) is 14.9. The lowest BCUT2D eigenvalue weighted by Gasteiger charge is -2.40. The third-order valence-corrected chi connectivity index (χ3v) is 5.23. The summed E-state index contributed by atoms with van der Waals surface area (Å²) in [5.41, 5.74) is 1.77. The van der Waals surface area contributed by atoms with Crippen molar-refractivity contribution in [2.75, 3.05) is 31.1 Å². The summed E-state index contributed by atoms with van der Waals surface area (Å²) >= 11 is 0. The lowest BCUT2D eigenvalue weighted by Crippen LogP contribution is -2.45. The summed E-state index contributed by atoms with van der Waals surface area (Å²) in [5, 5.41) is 11.0. The fourth-order valence-corrected chi connectivity index (χ4v) is 3.66. The summed E-state index contributed by atoms with van der Waals surface area (Å²) in [7, 11) is 0. The number of likely N-dealkylation sites (tertiary alicyclic amines) is 1. The zero-order chi connectivity index (χ0) is 14.9. The molecule has 2 fully saturated rings. The smallest absolute Gasteiger partial charge is 0.0920 e. The molecule has 0 radical (unpaired) electrons. The lowest BCUT2D eigenvalue weighted by molar-refractivity contribution is -0.0323. The molecule has 2 saturated heterocycles. The Morgan fingerprint density at radius 1 is 0.952 bits per heavy atom. The van der Waals surface area contributed by atoms with Crippen molar-refractivity contribution in [2.24, 2.45) is 0 Å². The maximum Gasteiger partial charge on any atom is 0.0920 e. The Labute approximate surface area is 128 Å². The van der Waals surface area contributed by atoms with Crippen LogP contribution in [0, 0.1) is 0 Å². The number of piperidine rings is 1. The van der Waals surface area contributed by atoms with E-state index >= 15 is 0 Å². The van der Waals surface area contributed by atoms with Crippen molar-refractivity contribution in [1.29, 1.82) is 0 Å². The molecular formula is C18H28N2O. The largest absolute Gasteiger partial charge is 0.385 e. The van der Waals surface area contributed by atoms with E-state index in [9.17, 15) is 5.11 Å². The fourth-order valence-electron chi connectivity index (χ4n) is 3.66. The molecule has 1 aromatic carbocycles. The summed E-state index contributed by atoms with van der Waals surface area (Å²) in [6.45, 7) is 8.79. The molecule has 1 aromatic rings. The molecule has 2 heterocycles. The van der Waals surface area contributed by atoms with Crippen LogP contribution in [-0.2, 0) is 5.60 Å². The maximum absolute atomic E-state index is 11.0. The van der Waals surface area contributed by atoms with Crippen molar-refractivity contribution in [3.05, 3.63) is 29.8 Å². The third kappa shape index (κ3) is 3.09. The molecule has 21 heavy (non-hydrogen) atoms. The molecule has 1 N–H and O–H groups in total. The molecule has 0 atom stereocenters. The second-order valence-corrected chi connectivity index (χ2v) is 6.90. The van der Waals surface area contributed by atoms with Gasteiger partial charge in [0.1, 0.15) is 0 Å². The standard InChI is InChI=1S/C18H28N2O/c1-15(2)19-13-9-18(21,10-14-19)16-5-7-17(8-6-16)20-11-3-4-12-20/h5-8,15,21H,3-4,9-14H2,1-2H3. The van der Waals surface area contributed by atoms with Gasteiger partial charge in [0.05, 0.1) is 5.60 Å². The Kier molecular flexibility index (Phi) is 4.23. The number of hydrogen-bond donors (Lipinski definition) is 1. The predicted molar refractivity (Wildman–Crippen MR) is 87.7 cm³/mol. The van der Waals surface area contributed by atoms with Gasteiger partial charge >= 0.3 is 0 Å². The van der Waals surface area contributed by atoms with E-state index in [4.69, 9.17) is 0 Å². The van der Waals surface area contributed by atoms with Crippen LogP contribution in [0.1, 0.15) is 45.1 Å². The molecule has 3 nitrogen and oxygen atoms in total. The van der Waals surface area contributed by atoms with E-state index in [1.54, 1.807) is 0 Å². The highest BCUT2D eigenvalue weighted by Crippen LogP contribution is 2.34. The minimum Gasteiger partial charge on any atom is -0.385 e. The van der Waals surface area contributed by atoms with Crippen LogP contribution >= 0.6 is 0 Å². The van der Waals surface area contributed by atoms with Gasteiger partial charge in [-0.25, -0.2) is 0 Å². The van der Waals surface area contributed by atoms with Crippen LogP contribution in [0.5, 0.6) is 0 Å². The molecular weight excluding hydrogens is 260 g/mol. The number of anilines is 1. The highest BCUT2D eigenvalue weighted by Gasteiger charge is 2.34. The van der Waals surface area contributed by atoms with E-state index in [0.29, 0.717) is 6.04 Å². The first-order valence-corrected chi connectivity index (χ1v) is 8.40. The van der Waals surface area contributed by atoms with Gasteiger partial charge in [-0.05, 0) is 57.2 Å². The minimum absolute atomic E-state index is 0.576. The average Bonchev–Trinajstić information content (AvgIpc) is 3.02. The molecule has 0 aliphatic carbocycles. The Bertz CT molecular complexity index is 455. The highest BCUT2D eigenvalue weighted by atomic mass is 16.3. The fraction of sp³-hybridized carbons (Fsp3) is 0.667. The van der Waals surface area contributed by atoms with Gasteiger partial charge in [-0.1, -0.05) is 12.1 Å². The van der Waals surface area contributed by atoms with Gasteiger partial charge in [0.25, 0.3) is 0 Å². The highest BCUT2D eigenvalue weighted by molar-refractivity contribution is 5.49. The van der Waals surface area contributed by atoms with Crippen molar-refractivity contribution in [1.82, 2.24) is 4.90 Å². The number of rotatable bonds is 3. The number of nitrogens with zero attached hydrogens (tertiary/aromatic N) is 2. The van der Waals surface area contributed by atoms with E-state index in [-0.39, 0.29) is 0 Å². The third-order valence-electron chi connectivity index (χ3n) is 5.23. The molecule has 2 aliphatic rings. The van der Waals surface area contributed by atoms with Gasteiger partial charge in [-0.2, -0.15) is 0 Å². The van der Waals surface area contributed by atoms with Crippen LogP contribution < -0.4 is 4.90 Å². The Morgan fingerprint density at radius 2 is 1.52 bits per heavy atom. The zero-order valence-corrected chi connectivity index (χ0v) is 13.4. The zero-order valence-electron chi connectivity index (χ0n) is 13.4. The molecule has 2 aliphatic heterocycles. The topological polar surface area (TPSA) is 26.7 Å². The summed E-state index contributed by atoms with van der Waals surface area (Å²) in [5.74, 6) is 0. The molecule has 116 valence electrons. The van der Waals surface area contributed by atoms with Gasteiger partial charge < -0.3 is 14.9 Å². The monoisotopic (exact) mass is 288 g/mol. The Morgan fingerprint density at radius 3 is 2.05 bits per heavy atom. The predicted octanol–water partition coefficient (Wildman–Crippen LogP) is 2.98. The van der Waals surface area contributed by atoms with Crippen molar-refractivity contribution in [3.63, 3.8) is 0 Å². The van der Waals surface area contributed by atoms with Gasteiger partial charge in [-0.15, -0.1) is 0 Å². The summed E-state index contributed by atoms with van der Waals surface area (Å²) in [6, 6.07) is 9.23. The van der Waals surface area contributed by atoms with Crippen molar-refractivity contribution < 1.29 is 5.11 Å². The summed E-state index contributed by atoms with van der Waals surface area (Å²) < 4.78 is 0. The number of benzene rings is 1. The quantitative estimate of drug-likeness (QED) is 0.926. The maximum atomic E-state index is 11.0. The molecule has 3 rings (SSSR count). The second kappa shape index (κ2) is 5.98. The van der Waals surface area contributed by atoms with E-state index in [0.717, 1.165) is 31.5 Å². The van der Waals surface area contributed by atoms with Gasteiger partial charge in [0.2, 0.25) is 0 Å². The number of aliphatic hydroxyl groups is 1. The van der Waals surface area contributed by atoms with Crippen LogP contribution in [0.25, 0.3) is 0 Å². The van der Waals surface area contributed by atoms with E-state index in [1.807, 2.05) is 0 Å². The lowest BCUT2D eigenvalue weighted by atomic mass is 9.84. The average molecular weight is 288 g/mol. The Hall–Kier alpha value is -1.06. The molecule has 0 saturated carbocycles.